The van der Waals surface area contributed by atoms with Crippen LogP contribution in [0, 0.1) is 11.3 Å². The molecule has 0 aliphatic carbocycles. The molecule has 8 nitrogen and oxygen atoms in total. The molecule has 33 heavy (non-hydrogen) atoms. The number of amides is 1. The number of carbonyl (C=O) groups is 1. The van der Waals surface area contributed by atoms with Crippen LogP contribution in [-0.2, 0) is 14.8 Å². The molecule has 0 aromatic heterocycles. The molecule has 174 valence electrons. The molecule has 4 rings (SSSR count). The Labute approximate surface area is 199 Å². The highest BCUT2D eigenvalue weighted by Crippen LogP contribution is 2.26. The molecule has 2 heterocycles. The Bertz CT molecular complexity index is 1160. The zero-order chi connectivity index (χ0) is 23.4. The number of ether oxygens (including phenoxy) is 1. The van der Waals surface area contributed by atoms with Gasteiger partial charge in [-0.3, -0.25) is 4.79 Å². The summed E-state index contributed by atoms with van der Waals surface area (Å²) in [5.41, 5.74) is 1.80. The molecule has 0 spiro atoms. The summed E-state index contributed by atoms with van der Waals surface area (Å²) >= 11 is 6.33. The van der Waals surface area contributed by atoms with E-state index in [9.17, 15) is 13.2 Å². The van der Waals surface area contributed by atoms with E-state index in [-0.39, 0.29) is 34.5 Å². The number of sulfonamides is 1. The van der Waals surface area contributed by atoms with Gasteiger partial charge in [0, 0.05) is 45.0 Å². The van der Waals surface area contributed by atoms with Gasteiger partial charge in [0.05, 0.1) is 40.3 Å². The van der Waals surface area contributed by atoms with E-state index in [1.807, 2.05) is 12.1 Å². The number of hydrogen-bond donors (Lipinski definition) is 0. The molecule has 0 unspecified atom stereocenters. The van der Waals surface area contributed by atoms with Crippen molar-refractivity contribution in [3.63, 3.8) is 0 Å². The van der Waals surface area contributed by atoms with Crippen LogP contribution >= 0.6 is 11.6 Å². The maximum atomic E-state index is 13.3. The maximum absolute atomic E-state index is 13.3. The van der Waals surface area contributed by atoms with Crippen molar-refractivity contribution in [3.05, 3.63) is 58.6 Å². The Morgan fingerprint density at radius 3 is 2.39 bits per heavy atom. The second-order valence-corrected chi connectivity index (χ2v) is 10.3. The molecule has 2 aromatic rings. The van der Waals surface area contributed by atoms with Crippen LogP contribution in [0.5, 0.6) is 0 Å². The van der Waals surface area contributed by atoms with E-state index in [4.69, 9.17) is 21.6 Å². The third kappa shape index (κ3) is 5.14. The van der Waals surface area contributed by atoms with Gasteiger partial charge in [-0.05, 0) is 48.9 Å². The molecular weight excluding hydrogens is 464 g/mol. The summed E-state index contributed by atoms with van der Waals surface area (Å²) in [6.07, 6.45) is 0.759. The normalized spacial score (nSPS) is 17.9. The van der Waals surface area contributed by atoms with E-state index in [1.165, 1.54) is 22.5 Å². The quantitative estimate of drug-likeness (QED) is 0.656. The second kappa shape index (κ2) is 10.1. The van der Waals surface area contributed by atoms with Crippen molar-refractivity contribution in [1.82, 2.24) is 9.21 Å². The van der Waals surface area contributed by atoms with Crippen LogP contribution in [0.1, 0.15) is 22.3 Å². The third-order valence-corrected chi connectivity index (χ3v) is 8.14. The number of morpholine rings is 1. The van der Waals surface area contributed by atoms with Gasteiger partial charge in [-0.25, -0.2) is 8.42 Å². The van der Waals surface area contributed by atoms with Gasteiger partial charge < -0.3 is 14.5 Å². The molecule has 0 N–H and O–H groups in total. The number of rotatable bonds is 4. The highest BCUT2D eigenvalue weighted by Gasteiger charge is 2.29. The van der Waals surface area contributed by atoms with Gasteiger partial charge >= 0.3 is 0 Å². The monoisotopic (exact) mass is 488 g/mol. The van der Waals surface area contributed by atoms with Crippen molar-refractivity contribution in [2.75, 3.05) is 57.4 Å². The van der Waals surface area contributed by atoms with Gasteiger partial charge in [0.1, 0.15) is 0 Å². The molecule has 1 amide bonds. The van der Waals surface area contributed by atoms with Crippen LogP contribution in [0.25, 0.3) is 0 Å². The summed E-state index contributed by atoms with van der Waals surface area (Å²) in [5, 5.41) is 9.22. The third-order valence-electron chi connectivity index (χ3n) is 5.92. The highest BCUT2D eigenvalue weighted by molar-refractivity contribution is 7.89. The van der Waals surface area contributed by atoms with Crippen LogP contribution in [0.4, 0.5) is 5.69 Å². The van der Waals surface area contributed by atoms with Gasteiger partial charge in [0.2, 0.25) is 10.0 Å². The second-order valence-electron chi connectivity index (χ2n) is 7.95. The van der Waals surface area contributed by atoms with Crippen molar-refractivity contribution < 1.29 is 17.9 Å². The molecular formula is C23H25ClN4O4S. The topological polar surface area (TPSA) is 93.9 Å². The summed E-state index contributed by atoms with van der Waals surface area (Å²) in [5.74, 6) is -0.277. The minimum absolute atomic E-state index is 0.0613. The fourth-order valence-electron chi connectivity index (χ4n) is 4.06. The number of benzene rings is 2. The summed E-state index contributed by atoms with van der Waals surface area (Å²) in [4.78, 5) is 17.3. The fourth-order valence-corrected chi connectivity index (χ4v) is 5.69. The first kappa shape index (κ1) is 23.5. The van der Waals surface area contributed by atoms with Gasteiger partial charge in [-0.15, -0.1) is 0 Å². The number of nitriles is 1. The predicted octanol–water partition coefficient (Wildman–Crippen LogP) is 2.59. The number of anilines is 1. The van der Waals surface area contributed by atoms with Crippen molar-refractivity contribution in [2.45, 2.75) is 11.3 Å². The first-order valence-corrected chi connectivity index (χ1v) is 12.6. The lowest BCUT2D eigenvalue weighted by atomic mass is 10.2. The largest absolute Gasteiger partial charge is 0.379 e. The highest BCUT2D eigenvalue weighted by atomic mass is 35.5. The van der Waals surface area contributed by atoms with Crippen LogP contribution in [0.15, 0.2) is 47.4 Å². The van der Waals surface area contributed by atoms with Crippen molar-refractivity contribution in [1.29, 1.82) is 5.26 Å². The zero-order valence-electron chi connectivity index (χ0n) is 18.1. The number of nitrogens with zero attached hydrogens (tertiary/aromatic N) is 4. The van der Waals surface area contributed by atoms with Crippen molar-refractivity contribution >= 4 is 33.2 Å². The fraction of sp³-hybridized carbons (Fsp3) is 0.391. The van der Waals surface area contributed by atoms with Crippen molar-refractivity contribution in [2.24, 2.45) is 0 Å². The van der Waals surface area contributed by atoms with E-state index in [2.05, 4.69) is 11.0 Å². The molecule has 2 aliphatic heterocycles. The van der Waals surface area contributed by atoms with E-state index < -0.39 is 10.0 Å². The van der Waals surface area contributed by atoms with Gasteiger partial charge in [-0.1, -0.05) is 11.6 Å². The van der Waals surface area contributed by atoms with E-state index in [1.54, 1.807) is 17.0 Å². The maximum Gasteiger partial charge on any atom is 0.255 e. The number of hydrogen-bond acceptors (Lipinski definition) is 6. The number of halogens is 1. The lowest BCUT2D eigenvalue weighted by Crippen LogP contribution is -2.40. The van der Waals surface area contributed by atoms with Crippen LogP contribution in [0.3, 0.4) is 0 Å². The minimum atomic E-state index is -3.73. The van der Waals surface area contributed by atoms with Crippen LogP contribution < -0.4 is 4.90 Å². The Morgan fingerprint density at radius 1 is 0.970 bits per heavy atom. The zero-order valence-corrected chi connectivity index (χ0v) is 19.7. The summed E-state index contributed by atoms with van der Waals surface area (Å²) in [6, 6.07) is 13.8. The number of carbonyl (C=O) groups excluding carboxylic acids is 1. The van der Waals surface area contributed by atoms with E-state index in [0.717, 1.165) is 18.7 Å². The van der Waals surface area contributed by atoms with E-state index in [0.29, 0.717) is 38.4 Å². The first-order chi connectivity index (χ1) is 15.9. The smallest absolute Gasteiger partial charge is 0.255 e. The summed E-state index contributed by atoms with van der Waals surface area (Å²) in [6.45, 7) is 3.69. The molecule has 2 fully saturated rings. The van der Waals surface area contributed by atoms with Crippen LogP contribution in [-0.4, -0.2) is 76.0 Å². The Balaban J connectivity index is 1.50. The van der Waals surface area contributed by atoms with Gasteiger partial charge in [0.15, 0.2) is 0 Å². The molecule has 2 aliphatic rings. The molecule has 0 bridgehead atoms. The molecule has 0 atom stereocenters. The van der Waals surface area contributed by atoms with Gasteiger partial charge in [-0.2, -0.15) is 9.57 Å². The standard InChI is InChI=1S/C23H25ClN4O4S/c24-22-7-6-20(33(30,31)28-12-14-32-15-13-28)16-21(22)23(29)27-9-1-8-26(10-11-27)19-4-2-18(17-25)3-5-19/h2-7,16H,1,8-15H2. The Kier molecular flexibility index (Phi) is 7.20. The summed E-state index contributed by atoms with van der Waals surface area (Å²) < 4.78 is 32.7. The Morgan fingerprint density at radius 2 is 1.70 bits per heavy atom. The SMILES string of the molecule is N#Cc1ccc(N2CCCN(C(=O)c3cc(S(=O)(=O)N4CCOCC4)ccc3Cl)CC2)cc1. The molecule has 10 heteroatoms. The first-order valence-electron chi connectivity index (χ1n) is 10.8. The van der Waals surface area contributed by atoms with Crippen LogP contribution in [0.2, 0.25) is 5.02 Å². The molecule has 0 saturated carbocycles. The Hall–Kier alpha value is -2.64. The molecule has 0 radical (unpaired) electrons. The lowest BCUT2D eigenvalue weighted by Gasteiger charge is -2.26. The molecule has 2 saturated heterocycles. The summed E-state index contributed by atoms with van der Waals surface area (Å²) in [7, 11) is -3.73. The minimum Gasteiger partial charge on any atom is -0.379 e. The predicted molar refractivity (Wildman–Crippen MR) is 125 cm³/mol. The lowest BCUT2D eigenvalue weighted by molar-refractivity contribution is 0.0730. The average Bonchev–Trinajstić information content (AvgIpc) is 3.11. The van der Waals surface area contributed by atoms with Crippen molar-refractivity contribution in [3.8, 4) is 6.07 Å². The van der Waals surface area contributed by atoms with E-state index >= 15 is 0 Å². The molecule has 2 aromatic carbocycles. The van der Waals surface area contributed by atoms with Gasteiger partial charge in [0.25, 0.3) is 5.91 Å². The average molecular weight is 489 g/mol.